The summed E-state index contributed by atoms with van der Waals surface area (Å²) in [6.07, 6.45) is 63.3. The molecular formula is C57H108O5. The normalized spacial score (nSPS) is 12.2. The van der Waals surface area contributed by atoms with Gasteiger partial charge in [0.05, 0.1) is 6.61 Å². The van der Waals surface area contributed by atoms with Crippen LogP contribution in [0.15, 0.2) is 24.3 Å². The molecule has 0 fully saturated rings. The molecule has 5 heteroatoms. The van der Waals surface area contributed by atoms with Gasteiger partial charge in [-0.1, -0.05) is 263 Å². The lowest BCUT2D eigenvalue weighted by molar-refractivity contribution is -0.163. The molecule has 0 aliphatic heterocycles. The van der Waals surface area contributed by atoms with E-state index in [-0.39, 0.29) is 25.2 Å². The molecule has 0 saturated carbocycles. The monoisotopic (exact) mass is 873 g/mol. The van der Waals surface area contributed by atoms with E-state index < -0.39 is 6.10 Å². The number of ether oxygens (including phenoxy) is 3. The fraction of sp³-hybridized carbons (Fsp3) is 0.895. The quantitative estimate of drug-likeness (QED) is 0.0346. The Hall–Kier alpha value is -1.62. The van der Waals surface area contributed by atoms with Gasteiger partial charge in [-0.2, -0.15) is 0 Å². The van der Waals surface area contributed by atoms with Crippen molar-refractivity contribution in [2.75, 3.05) is 19.8 Å². The van der Waals surface area contributed by atoms with Crippen LogP contribution in [-0.4, -0.2) is 37.9 Å². The Balaban J connectivity index is 4.24. The highest BCUT2D eigenvalue weighted by molar-refractivity contribution is 5.70. The van der Waals surface area contributed by atoms with E-state index >= 15 is 0 Å². The number of hydrogen-bond acceptors (Lipinski definition) is 5. The van der Waals surface area contributed by atoms with E-state index in [1.807, 2.05) is 0 Å². The average Bonchev–Trinajstić information content (AvgIpc) is 3.27. The molecule has 0 N–H and O–H groups in total. The molecular weight excluding hydrogens is 765 g/mol. The molecule has 0 aromatic heterocycles. The number of unbranched alkanes of at least 4 members (excludes halogenated alkanes) is 37. The van der Waals surface area contributed by atoms with Crippen LogP contribution >= 0.6 is 0 Å². The minimum atomic E-state index is -0.534. The molecule has 5 nitrogen and oxygen atoms in total. The van der Waals surface area contributed by atoms with Gasteiger partial charge in [0.1, 0.15) is 6.61 Å². The molecule has 1 unspecified atom stereocenters. The standard InChI is InChI=1S/C57H108O5/c1-4-7-10-13-16-19-22-25-28-31-34-37-40-43-46-49-52-60-53-55(62-57(59)51-48-45-42-39-36-33-30-27-24-21-18-15-12-9-6-3)54-61-56(58)50-47-44-41-38-35-32-29-26-23-20-17-14-11-8-5-2/h16,19,25,28,55H,4-15,17-18,20-24,26-27,29-54H2,1-3H3/b19-16-,28-25-. The minimum absolute atomic E-state index is 0.0891. The Kier molecular flexibility index (Phi) is 52.3. The number of hydrogen-bond donors (Lipinski definition) is 0. The number of rotatable bonds is 52. The zero-order valence-corrected chi connectivity index (χ0v) is 42.2. The van der Waals surface area contributed by atoms with Crippen molar-refractivity contribution < 1.29 is 23.8 Å². The maximum atomic E-state index is 12.8. The average molecular weight is 873 g/mol. The summed E-state index contributed by atoms with van der Waals surface area (Å²) in [5.74, 6) is -0.381. The molecule has 1 atom stereocenters. The van der Waals surface area contributed by atoms with Gasteiger partial charge in [-0.3, -0.25) is 9.59 Å². The van der Waals surface area contributed by atoms with Gasteiger partial charge in [0.15, 0.2) is 6.10 Å². The topological polar surface area (TPSA) is 61.8 Å². The van der Waals surface area contributed by atoms with Gasteiger partial charge in [0, 0.05) is 19.4 Å². The van der Waals surface area contributed by atoms with Gasteiger partial charge >= 0.3 is 11.9 Å². The second kappa shape index (κ2) is 53.7. The summed E-state index contributed by atoms with van der Waals surface area (Å²) < 4.78 is 17.5. The summed E-state index contributed by atoms with van der Waals surface area (Å²) in [5, 5.41) is 0. The van der Waals surface area contributed by atoms with Crippen molar-refractivity contribution in [3.8, 4) is 0 Å². The van der Waals surface area contributed by atoms with Crippen LogP contribution in [0.1, 0.15) is 303 Å². The highest BCUT2D eigenvalue weighted by atomic mass is 16.6. The lowest BCUT2D eigenvalue weighted by Gasteiger charge is -2.18. The number of allylic oxidation sites excluding steroid dienone is 4. The highest BCUT2D eigenvalue weighted by Gasteiger charge is 2.17. The van der Waals surface area contributed by atoms with Crippen LogP contribution < -0.4 is 0 Å². The fourth-order valence-electron chi connectivity index (χ4n) is 8.31. The molecule has 0 spiro atoms. The SMILES string of the molecule is CCCCC/C=C\C/C=C\CCCCCCCCOCC(COC(=O)CCCCCCCCCCCCCCCCC)OC(=O)CCCCCCCCCCCCCCCCC. The van der Waals surface area contributed by atoms with Gasteiger partial charge < -0.3 is 14.2 Å². The van der Waals surface area contributed by atoms with Crippen molar-refractivity contribution in [1.82, 2.24) is 0 Å². The van der Waals surface area contributed by atoms with Crippen molar-refractivity contribution in [3.63, 3.8) is 0 Å². The molecule has 0 aromatic carbocycles. The molecule has 0 amide bonds. The van der Waals surface area contributed by atoms with Crippen molar-refractivity contribution in [2.24, 2.45) is 0 Å². The van der Waals surface area contributed by atoms with E-state index in [2.05, 4.69) is 45.1 Å². The van der Waals surface area contributed by atoms with Crippen LogP contribution in [0.3, 0.4) is 0 Å². The Bertz CT molecular complexity index is 943. The molecule has 0 aromatic rings. The van der Waals surface area contributed by atoms with Gasteiger partial charge in [0.25, 0.3) is 0 Å². The third-order valence-electron chi connectivity index (χ3n) is 12.5. The predicted molar refractivity (Wildman–Crippen MR) is 270 cm³/mol. The van der Waals surface area contributed by atoms with Gasteiger partial charge in [0.2, 0.25) is 0 Å². The zero-order valence-electron chi connectivity index (χ0n) is 42.2. The lowest BCUT2D eigenvalue weighted by Crippen LogP contribution is -2.30. The second-order valence-electron chi connectivity index (χ2n) is 18.9. The van der Waals surface area contributed by atoms with Crippen LogP contribution in [-0.2, 0) is 23.8 Å². The Labute approximate surface area is 387 Å². The highest BCUT2D eigenvalue weighted by Crippen LogP contribution is 2.16. The van der Waals surface area contributed by atoms with Crippen molar-refractivity contribution >= 4 is 11.9 Å². The van der Waals surface area contributed by atoms with Crippen molar-refractivity contribution in [3.05, 3.63) is 24.3 Å². The number of carbonyl (C=O) groups excluding carboxylic acids is 2. The first-order valence-corrected chi connectivity index (χ1v) is 27.9. The van der Waals surface area contributed by atoms with Crippen LogP contribution in [0.4, 0.5) is 0 Å². The molecule has 0 bridgehead atoms. The number of esters is 2. The predicted octanol–water partition coefficient (Wildman–Crippen LogP) is 18.8. The van der Waals surface area contributed by atoms with E-state index in [9.17, 15) is 9.59 Å². The van der Waals surface area contributed by atoms with Crippen LogP contribution in [0.5, 0.6) is 0 Å². The summed E-state index contributed by atoms with van der Waals surface area (Å²) in [6, 6.07) is 0. The zero-order chi connectivity index (χ0) is 44.9. The molecule has 0 radical (unpaired) electrons. The maximum Gasteiger partial charge on any atom is 0.306 e. The molecule has 0 saturated heterocycles. The lowest BCUT2D eigenvalue weighted by atomic mass is 10.0. The fourth-order valence-corrected chi connectivity index (χ4v) is 8.31. The minimum Gasteiger partial charge on any atom is -0.462 e. The molecule has 0 rings (SSSR count). The Morgan fingerprint density at radius 3 is 1.10 bits per heavy atom. The molecule has 366 valence electrons. The van der Waals surface area contributed by atoms with Crippen LogP contribution in [0, 0.1) is 0 Å². The number of carbonyl (C=O) groups is 2. The van der Waals surface area contributed by atoms with Gasteiger partial charge in [-0.15, -0.1) is 0 Å². The Morgan fingerprint density at radius 2 is 0.677 bits per heavy atom. The molecule has 0 heterocycles. The van der Waals surface area contributed by atoms with Gasteiger partial charge in [-0.05, 0) is 51.4 Å². The largest absolute Gasteiger partial charge is 0.462 e. The summed E-state index contributed by atoms with van der Waals surface area (Å²) in [5.41, 5.74) is 0. The van der Waals surface area contributed by atoms with E-state index in [1.165, 1.54) is 225 Å². The second-order valence-corrected chi connectivity index (χ2v) is 18.9. The van der Waals surface area contributed by atoms with E-state index in [4.69, 9.17) is 14.2 Å². The van der Waals surface area contributed by atoms with Crippen LogP contribution in [0.2, 0.25) is 0 Å². The van der Waals surface area contributed by atoms with E-state index in [0.29, 0.717) is 19.4 Å². The van der Waals surface area contributed by atoms with Gasteiger partial charge in [-0.25, -0.2) is 0 Å². The first-order chi connectivity index (χ1) is 30.6. The summed E-state index contributed by atoms with van der Waals surface area (Å²) in [6.45, 7) is 7.85. The molecule has 0 aliphatic rings. The molecule has 0 aliphatic carbocycles. The van der Waals surface area contributed by atoms with E-state index in [0.717, 1.165) is 44.9 Å². The summed E-state index contributed by atoms with van der Waals surface area (Å²) >= 11 is 0. The van der Waals surface area contributed by atoms with Crippen LogP contribution in [0.25, 0.3) is 0 Å². The molecule has 62 heavy (non-hydrogen) atoms. The first kappa shape index (κ1) is 60.4. The van der Waals surface area contributed by atoms with E-state index in [1.54, 1.807) is 0 Å². The third kappa shape index (κ3) is 51.0. The first-order valence-electron chi connectivity index (χ1n) is 27.9. The Morgan fingerprint density at radius 1 is 0.355 bits per heavy atom. The smallest absolute Gasteiger partial charge is 0.306 e. The third-order valence-corrected chi connectivity index (χ3v) is 12.5. The van der Waals surface area contributed by atoms with Crippen molar-refractivity contribution in [1.29, 1.82) is 0 Å². The summed E-state index contributed by atoms with van der Waals surface area (Å²) in [7, 11) is 0. The summed E-state index contributed by atoms with van der Waals surface area (Å²) in [4.78, 5) is 25.5. The van der Waals surface area contributed by atoms with Crippen molar-refractivity contribution in [2.45, 2.75) is 309 Å². The maximum absolute atomic E-state index is 12.8.